The smallest absolute Gasteiger partial charge is 0.405 e. The summed E-state index contributed by atoms with van der Waals surface area (Å²) in [4.78, 5) is 56.4. The van der Waals surface area contributed by atoms with E-state index in [2.05, 4.69) is 77.7 Å². The highest BCUT2D eigenvalue weighted by Gasteiger charge is 2.32. The predicted octanol–water partition coefficient (Wildman–Crippen LogP) is 2.65. The van der Waals surface area contributed by atoms with Gasteiger partial charge in [0.05, 0.1) is 23.1 Å². The van der Waals surface area contributed by atoms with Gasteiger partial charge in [0, 0.05) is 65.3 Å². The molecule has 0 spiro atoms. The van der Waals surface area contributed by atoms with Gasteiger partial charge in [-0.15, -0.1) is 0 Å². The number of anilines is 2. The minimum absolute atomic E-state index is 0.162. The third kappa shape index (κ3) is 6.43. The van der Waals surface area contributed by atoms with Crippen LogP contribution in [0.1, 0.15) is 42.3 Å². The summed E-state index contributed by atoms with van der Waals surface area (Å²) in [5.74, 6) is -1.02. The zero-order valence-corrected chi connectivity index (χ0v) is 28.6. The van der Waals surface area contributed by atoms with Crippen LogP contribution in [0.3, 0.4) is 0 Å². The number of fused-ring (bicyclic) bond motifs is 1. The van der Waals surface area contributed by atoms with E-state index in [1.54, 1.807) is 19.3 Å². The summed E-state index contributed by atoms with van der Waals surface area (Å²) in [5, 5.41) is 10.0. The second-order valence-corrected chi connectivity index (χ2v) is 13.9. The van der Waals surface area contributed by atoms with E-state index >= 15 is 0 Å². The topological polar surface area (TPSA) is 138 Å². The number of halogens is 1. The summed E-state index contributed by atoms with van der Waals surface area (Å²) in [6, 6.07) is 14.0. The maximum Gasteiger partial charge on any atom is 0.420 e. The summed E-state index contributed by atoms with van der Waals surface area (Å²) in [5.41, 5.74) is 5.00. The number of likely N-dealkylation sites (N-methyl/N-ethyl adjacent to an activating group) is 1. The number of aromatic nitrogens is 3. The molecule has 3 fully saturated rings. The number of carbonyl (C=O) groups excluding carboxylic acids is 2. The van der Waals surface area contributed by atoms with E-state index < -0.39 is 17.7 Å². The number of nitrogens with zero attached hydrogens (tertiary/aromatic N) is 6. The molecule has 0 radical (unpaired) electrons. The number of para-hydroxylation sites is 1. The Hall–Kier alpha value is -4.27. The summed E-state index contributed by atoms with van der Waals surface area (Å²) in [6.45, 7) is 5.94. The van der Waals surface area contributed by atoms with Gasteiger partial charge in [0.25, 0.3) is 5.56 Å². The molecular weight excluding hydrogens is 680 g/mol. The van der Waals surface area contributed by atoms with Gasteiger partial charge in [-0.1, -0.05) is 30.3 Å². The van der Waals surface area contributed by atoms with Crippen LogP contribution in [0.4, 0.5) is 11.4 Å². The molecule has 48 heavy (non-hydrogen) atoms. The molecule has 14 heteroatoms. The number of benzene rings is 2. The molecule has 2 N–H and O–H groups in total. The molecule has 2 aromatic heterocycles. The fraction of sp³-hybridized carbons (Fsp3) is 0.441. The lowest BCUT2D eigenvalue weighted by Crippen LogP contribution is -2.46. The van der Waals surface area contributed by atoms with Gasteiger partial charge in [0.1, 0.15) is 10.5 Å². The van der Waals surface area contributed by atoms with E-state index in [1.807, 2.05) is 12.1 Å². The van der Waals surface area contributed by atoms with Crippen LogP contribution in [0, 0.1) is 0 Å². The Kier molecular flexibility index (Phi) is 8.96. The van der Waals surface area contributed by atoms with Gasteiger partial charge in [-0.25, -0.2) is 9.48 Å². The second kappa shape index (κ2) is 13.3. The SMILES string of the molecule is CN1CC(Nc2cnn(C)c(=O)c2Br)CC(c2ccc(CN3CCN(c4cccc5c4oc(=O)n5C4CCC(=O)NC4=O)CC3)cc2)C1. The summed E-state index contributed by atoms with van der Waals surface area (Å²) in [7, 11) is 3.77. The van der Waals surface area contributed by atoms with Crippen molar-refractivity contribution in [3.8, 4) is 0 Å². The lowest BCUT2D eigenvalue weighted by Gasteiger charge is -2.37. The normalized spacial score (nSPS) is 22.6. The van der Waals surface area contributed by atoms with Crippen LogP contribution in [0.25, 0.3) is 11.1 Å². The van der Waals surface area contributed by atoms with Gasteiger partial charge in [0.15, 0.2) is 5.58 Å². The largest absolute Gasteiger partial charge is 0.420 e. The maximum absolute atomic E-state index is 12.9. The van der Waals surface area contributed by atoms with E-state index in [0.29, 0.717) is 21.5 Å². The molecule has 3 unspecified atom stereocenters. The van der Waals surface area contributed by atoms with Crippen LogP contribution < -0.4 is 26.8 Å². The number of amides is 2. The predicted molar refractivity (Wildman–Crippen MR) is 185 cm³/mol. The van der Waals surface area contributed by atoms with Gasteiger partial charge in [-0.3, -0.25) is 29.2 Å². The first kappa shape index (κ1) is 32.3. The highest BCUT2D eigenvalue weighted by molar-refractivity contribution is 9.10. The van der Waals surface area contributed by atoms with E-state index in [-0.39, 0.29) is 30.3 Å². The van der Waals surface area contributed by atoms with Crippen LogP contribution >= 0.6 is 15.9 Å². The molecule has 3 aliphatic rings. The fourth-order valence-electron chi connectivity index (χ4n) is 7.31. The van der Waals surface area contributed by atoms with Crippen molar-refractivity contribution in [1.82, 2.24) is 29.5 Å². The summed E-state index contributed by atoms with van der Waals surface area (Å²) < 4.78 is 8.92. The Morgan fingerprint density at radius 2 is 1.77 bits per heavy atom. The second-order valence-electron chi connectivity index (χ2n) is 13.1. The molecule has 2 aromatic carbocycles. The van der Waals surface area contributed by atoms with Crippen molar-refractivity contribution in [3.63, 3.8) is 0 Å². The minimum Gasteiger partial charge on any atom is -0.405 e. The molecule has 0 bridgehead atoms. The van der Waals surface area contributed by atoms with E-state index in [0.717, 1.165) is 63.6 Å². The van der Waals surface area contributed by atoms with E-state index in [1.165, 1.54) is 20.4 Å². The van der Waals surface area contributed by atoms with Crippen LogP contribution in [0.2, 0.25) is 0 Å². The molecule has 3 atom stereocenters. The van der Waals surface area contributed by atoms with Crippen molar-refractivity contribution in [2.75, 3.05) is 56.5 Å². The molecular formula is C34H39BrN8O5. The Bertz CT molecular complexity index is 1960. The molecule has 3 aliphatic heterocycles. The molecule has 5 heterocycles. The van der Waals surface area contributed by atoms with Crippen molar-refractivity contribution in [2.24, 2.45) is 7.05 Å². The quantitative estimate of drug-likeness (QED) is 0.275. The van der Waals surface area contributed by atoms with Gasteiger partial charge in [-0.05, 0) is 65.0 Å². The van der Waals surface area contributed by atoms with Crippen molar-refractivity contribution in [2.45, 2.75) is 43.8 Å². The number of oxazole rings is 1. The molecule has 0 aliphatic carbocycles. The maximum atomic E-state index is 12.9. The average molecular weight is 720 g/mol. The molecule has 252 valence electrons. The third-order valence-corrected chi connectivity index (χ3v) is 10.5. The molecule has 4 aromatic rings. The Balaban J connectivity index is 0.970. The monoisotopic (exact) mass is 718 g/mol. The first-order chi connectivity index (χ1) is 23.1. The number of piperazine rings is 1. The first-order valence-corrected chi connectivity index (χ1v) is 17.1. The number of carbonyl (C=O) groups is 2. The van der Waals surface area contributed by atoms with Crippen LogP contribution in [0.5, 0.6) is 0 Å². The van der Waals surface area contributed by atoms with Gasteiger partial charge < -0.3 is 19.5 Å². The Labute approximate surface area is 285 Å². The van der Waals surface area contributed by atoms with E-state index in [4.69, 9.17) is 4.42 Å². The summed E-state index contributed by atoms with van der Waals surface area (Å²) >= 11 is 3.43. The molecule has 2 amide bonds. The molecule has 3 saturated heterocycles. The van der Waals surface area contributed by atoms with E-state index in [9.17, 15) is 19.2 Å². The van der Waals surface area contributed by atoms with Crippen molar-refractivity contribution >= 4 is 50.2 Å². The number of hydrogen-bond donors (Lipinski definition) is 2. The highest BCUT2D eigenvalue weighted by Crippen LogP contribution is 2.32. The summed E-state index contributed by atoms with van der Waals surface area (Å²) in [6.07, 6.45) is 3.11. The van der Waals surface area contributed by atoms with Crippen molar-refractivity contribution in [1.29, 1.82) is 0 Å². The number of imide groups is 1. The van der Waals surface area contributed by atoms with Gasteiger partial charge in [-0.2, -0.15) is 5.10 Å². The first-order valence-electron chi connectivity index (χ1n) is 16.4. The van der Waals surface area contributed by atoms with Gasteiger partial charge in [0.2, 0.25) is 11.8 Å². The standard InChI is InChI=1S/C34H39BrN8O5/c1-39-19-23(16-24(20-39)37-25-17-36-40(2)33(46)30(25)35)22-8-6-21(7-9-22)18-41-12-14-42(15-13-41)26-4-3-5-27-31(26)48-34(47)43(27)28-10-11-29(44)38-32(28)45/h3-9,17,23-24,28,37H,10-16,18-20H2,1-2H3,(H,38,44,45). The minimum atomic E-state index is -0.766. The zero-order valence-electron chi connectivity index (χ0n) is 27.0. The number of nitrogens with one attached hydrogen (secondary N) is 2. The Morgan fingerprint density at radius 1 is 1.00 bits per heavy atom. The Morgan fingerprint density at radius 3 is 2.52 bits per heavy atom. The third-order valence-electron chi connectivity index (χ3n) is 9.78. The number of likely N-dealkylation sites (tertiary alicyclic amines) is 1. The number of rotatable bonds is 7. The zero-order chi connectivity index (χ0) is 33.5. The lowest BCUT2D eigenvalue weighted by molar-refractivity contribution is -0.135. The highest BCUT2D eigenvalue weighted by atomic mass is 79.9. The fourth-order valence-corrected chi connectivity index (χ4v) is 7.79. The van der Waals surface area contributed by atoms with Crippen LogP contribution in [-0.2, 0) is 23.2 Å². The lowest BCUT2D eigenvalue weighted by atomic mass is 9.87. The average Bonchev–Trinajstić information content (AvgIpc) is 3.41. The van der Waals surface area contributed by atoms with Crippen LogP contribution in [0.15, 0.2) is 67.1 Å². The molecule has 7 rings (SSSR count). The van der Waals surface area contributed by atoms with Crippen molar-refractivity contribution in [3.05, 3.63) is 85.2 Å². The number of piperidine rings is 2. The number of hydrogen-bond acceptors (Lipinski definition) is 10. The number of aryl methyl sites for hydroxylation is 1. The molecule has 0 saturated carbocycles. The van der Waals surface area contributed by atoms with Gasteiger partial charge >= 0.3 is 5.76 Å². The van der Waals surface area contributed by atoms with Crippen LogP contribution in [-0.4, -0.2) is 88.3 Å². The molecule has 13 nitrogen and oxygen atoms in total. The van der Waals surface area contributed by atoms with Crippen molar-refractivity contribution < 1.29 is 14.0 Å².